The van der Waals surface area contributed by atoms with Crippen molar-refractivity contribution < 1.29 is 13.2 Å². The molecule has 9 heteroatoms. The van der Waals surface area contributed by atoms with E-state index in [2.05, 4.69) is 20.7 Å². The zero-order valence-electron chi connectivity index (χ0n) is 11.1. The molecule has 0 aliphatic heterocycles. The van der Waals surface area contributed by atoms with Gasteiger partial charge in [0.05, 0.1) is 11.8 Å². The fourth-order valence-electron chi connectivity index (χ4n) is 1.60. The second kappa shape index (κ2) is 5.81. The third-order valence-electron chi connectivity index (χ3n) is 2.67. The molecule has 0 amide bonds. The zero-order chi connectivity index (χ0) is 15.5. The summed E-state index contributed by atoms with van der Waals surface area (Å²) in [7, 11) is 0. The predicted octanol–water partition coefficient (Wildman–Crippen LogP) is 2.02. The first-order chi connectivity index (χ1) is 9.91. The molecule has 0 spiro atoms. The van der Waals surface area contributed by atoms with Crippen LogP contribution in [0, 0.1) is 0 Å². The van der Waals surface area contributed by atoms with Gasteiger partial charge >= 0.3 is 6.18 Å². The molecule has 0 aliphatic carbocycles. The number of rotatable bonds is 4. The average molecular weight is 298 g/mol. The summed E-state index contributed by atoms with van der Waals surface area (Å²) in [6, 6.07) is 4.81. The average Bonchev–Trinajstić information content (AvgIpc) is 2.79. The lowest BCUT2D eigenvalue weighted by atomic mass is 10.1. The summed E-state index contributed by atoms with van der Waals surface area (Å²) in [4.78, 5) is 0. The van der Waals surface area contributed by atoms with E-state index in [-0.39, 0.29) is 5.95 Å². The van der Waals surface area contributed by atoms with Gasteiger partial charge in [-0.05, 0) is 17.7 Å². The monoisotopic (exact) mass is 298 g/mol. The molecule has 0 saturated carbocycles. The highest BCUT2D eigenvalue weighted by Crippen LogP contribution is 2.29. The van der Waals surface area contributed by atoms with E-state index in [9.17, 15) is 13.2 Å². The lowest BCUT2D eigenvalue weighted by molar-refractivity contribution is -0.137. The molecule has 0 fully saturated rings. The lowest BCUT2D eigenvalue weighted by Gasteiger charge is -2.06. The number of nitrogens with zero attached hydrogens (tertiary/aromatic N) is 4. The third-order valence-corrected chi connectivity index (χ3v) is 2.67. The van der Waals surface area contributed by atoms with Crippen molar-refractivity contribution in [2.45, 2.75) is 19.5 Å². The van der Waals surface area contributed by atoms with Crippen LogP contribution in [0.1, 0.15) is 23.9 Å². The number of hydrogen-bond acceptors (Lipinski definition) is 5. The second-order valence-corrected chi connectivity index (χ2v) is 4.16. The van der Waals surface area contributed by atoms with E-state index in [0.717, 1.165) is 12.1 Å². The van der Waals surface area contributed by atoms with E-state index in [1.54, 1.807) is 0 Å². The van der Waals surface area contributed by atoms with Crippen molar-refractivity contribution in [3.05, 3.63) is 41.2 Å². The highest BCUT2D eigenvalue weighted by atomic mass is 19.4. The Balaban J connectivity index is 2.09. The molecule has 0 atom stereocenters. The van der Waals surface area contributed by atoms with Crippen molar-refractivity contribution >= 4 is 12.2 Å². The molecule has 0 bridgehead atoms. The minimum absolute atomic E-state index is 0.204. The maximum absolute atomic E-state index is 12.6. The van der Waals surface area contributed by atoms with Crippen LogP contribution in [0.2, 0.25) is 0 Å². The van der Waals surface area contributed by atoms with E-state index in [1.807, 2.05) is 6.92 Å². The first kappa shape index (κ1) is 14.8. The summed E-state index contributed by atoms with van der Waals surface area (Å²) >= 11 is 0. The van der Waals surface area contributed by atoms with Gasteiger partial charge in [0.25, 0.3) is 5.95 Å². The van der Waals surface area contributed by atoms with Gasteiger partial charge in [0.15, 0.2) is 5.82 Å². The first-order valence-electron chi connectivity index (χ1n) is 6.07. The van der Waals surface area contributed by atoms with Crippen LogP contribution in [0.4, 0.5) is 19.1 Å². The molecule has 1 aromatic carbocycles. The summed E-state index contributed by atoms with van der Waals surface area (Å²) in [5.74, 6) is 6.45. The number of aryl methyl sites for hydroxylation is 1. The molecule has 0 saturated heterocycles. The maximum Gasteiger partial charge on any atom is 0.416 e. The minimum atomic E-state index is -4.38. The van der Waals surface area contributed by atoms with Crippen molar-refractivity contribution in [2.75, 3.05) is 11.3 Å². The zero-order valence-corrected chi connectivity index (χ0v) is 11.1. The summed E-state index contributed by atoms with van der Waals surface area (Å²) in [5.41, 5.74) is 2.09. The standard InChI is InChI=1S/C12H13F3N6/c1-2-10-18-20-11(21(10)16)19-17-7-8-4-3-5-9(6-8)12(13,14)15/h3-7H,2,16H2,1H3,(H,19,20). The van der Waals surface area contributed by atoms with Gasteiger partial charge < -0.3 is 5.84 Å². The molecular weight excluding hydrogens is 285 g/mol. The van der Waals surface area contributed by atoms with E-state index < -0.39 is 11.7 Å². The van der Waals surface area contributed by atoms with Crippen LogP contribution in [-0.2, 0) is 12.6 Å². The molecule has 0 aliphatic rings. The van der Waals surface area contributed by atoms with Gasteiger partial charge in [-0.15, -0.1) is 10.2 Å². The van der Waals surface area contributed by atoms with Crippen molar-refractivity contribution in [3.8, 4) is 0 Å². The van der Waals surface area contributed by atoms with E-state index in [0.29, 0.717) is 17.8 Å². The number of nitrogen functional groups attached to an aromatic ring is 1. The number of benzene rings is 1. The number of anilines is 1. The number of hydrogen-bond donors (Lipinski definition) is 2. The van der Waals surface area contributed by atoms with Crippen molar-refractivity contribution in [3.63, 3.8) is 0 Å². The van der Waals surface area contributed by atoms with Crippen molar-refractivity contribution in [2.24, 2.45) is 5.10 Å². The Morgan fingerprint density at radius 1 is 1.38 bits per heavy atom. The van der Waals surface area contributed by atoms with Gasteiger partial charge in [0, 0.05) is 6.42 Å². The SMILES string of the molecule is CCc1nnc(NN=Cc2cccc(C(F)(F)F)c2)n1N. The summed E-state index contributed by atoms with van der Waals surface area (Å²) in [6.07, 6.45) is -2.54. The van der Waals surface area contributed by atoms with Crippen LogP contribution in [0.5, 0.6) is 0 Å². The van der Waals surface area contributed by atoms with Crippen LogP contribution < -0.4 is 11.3 Å². The van der Waals surface area contributed by atoms with Crippen molar-refractivity contribution in [1.82, 2.24) is 14.9 Å². The molecule has 2 aromatic rings. The number of aromatic nitrogens is 3. The first-order valence-corrected chi connectivity index (χ1v) is 6.07. The van der Waals surface area contributed by atoms with Gasteiger partial charge in [-0.2, -0.15) is 18.3 Å². The molecule has 6 nitrogen and oxygen atoms in total. The molecular formula is C12H13F3N6. The smallest absolute Gasteiger partial charge is 0.335 e. The fourth-order valence-corrected chi connectivity index (χ4v) is 1.60. The lowest BCUT2D eigenvalue weighted by Crippen LogP contribution is -2.14. The van der Waals surface area contributed by atoms with Gasteiger partial charge in [-0.3, -0.25) is 0 Å². The Morgan fingerprint density at radius 2 is 2.14 bits per heavy atom. The molecule has 2 rings (SSSR count). The Kier molecular flexibility index (Phi) is 4.10. The molecule has 1 heterocycles. The normalized spacial score (nSPS) is 12.0. The number of alkyl halides is 3. The Hall–Kier alpha value is -2.58. The number of nitrogens with two attached hydrogens (primary N) is 1. The van der Waals surface area contributed by atoms with Crippen LogP contribution in [0.15, 0.2) is 29.4 Å². The number of nitrogens with one attached hydrogen (secondary N) is 1. The van der Waals surface area contributed by atoms with Gasteiger partial charge in [-0.25, -0.2) is 10.1 Å². The maximum atomic E-state index is 12.6. The Labute approximate surface area is 118 Å². The predicted molar refractivity (Wildman–Crippen MR) is 72.2 cm³/mol. The summed E-state index contributed by atoms with van der Waals surface area (Å²) in [6.45, 7) is 1.86. The molecule has 3 N–H and O–H groups in total. The Morgan fingerprint density at radius 3 is 2.76 bits per heavy atom. The van der Waals surface area contributed by atoms with Gasteiger partial charge in [0.1, 0.15) is 0 Å². The molecule has 21 heavy (non-hydrogen) atoms. The van der Waals surface area contributed by atoms with Gasteiger partial charge in [0.2, 0.25) is 0 Å². The molecule has 1 aromatic heterocycles. The van der Waals surface area contributed by atoms with Gasteiger partial charge in [-0.1, -0.05) is 19.1 Å². The summed E-state index contributed by atoms with van der Waals surface area (Å²) < 4.78 is 38.9. The van der Waals surface area contributed by atoms with E-state index in [1.165, 1.54) is 23.0 Å². The molecule has 112 valence electrons. The third kappa shape index (κ3) is 3.50. The van der Waals surface area contributed by atoms with E-state index >= 15 is 0 Å². The quantitative estimate of drug-likeness (QED) is 0.514. The van der Waals surface area contributed by atoms with Crippen LogP contribution in [0.25, 0.3) is 0 Å². The minimum Gasteiger partial charge on any atom is -0.335 e. The largest absolute Gasteiger partial charge is 0.416 e. The Bertz CT molecular complexity index is 647. The second-order valence-electron chi connectivity index (χ2n) is 4.16. The van der Waals surface area contributed by atoms with Crippen LogP contribution in [-0.4, -0.2) is 21.1 Å². The van der Waals surface area contributed by atoms with Crippen LogP contribution in [0.3, 0.4) is 0 Å². The fraction of sp³-hybridized carbons (Fsp3) is 0.250. The highest BCUT2D eigenvalue weighted by Gasteiger charge is 2.30. The topological polar surface area (TPSA) is 81.1 Å². The number of halogens is 3. The molecule has 0 radical (unpaired) electrons. The van der Waals surface area contributed by atoms with E-state index in [4.69, 9.17) is 5.84 Å². The van der Waals surface area contributed by atoms with Crippen molar-refractivity contribution in [1.29, 1.82) is 0 Å². The highest BCUT2D eigenvalue weighted by molar-refractivity contribution is 5.80. The molecule has 0 unspecified atom stereocenters. The summed E-state index contributed by atoms with van der Waals surface area (Å²) in [5, 5.41) is 11.4. The number of hydrazone groups is 1. The van der Waals surface area contributed by atoms with Crippen LogP contribution >= 0.6 is 0 Å².